The van der Waals surface area contributed by atoms with Crippen molar-refractivity contribution in [2.45, 2.75) is 38.3 Å². The average molecular weight is 446 g/mol. The van der Waals surface area contributed by atoms with E-state index >= 15 is 0 Å². The lowest BCUT2D eigenvalue weighted by molar-refractivity contribution is -0.136. The molecule has 0 aromatic heterocycles. The minimum Gasteiger partial charge on any atom is -0.508 e. The molecule has 0 aliphatic carbocycles. The van der Waals surface area contributed by atoms with Crippen molar-refractivity contribution in [1.82, 2.24) is 4.90 Å². The number of allylic oxidation sites excluding steroid dienone is 2. The average Bonchev–Trinajstić information content (AvgIpc) is 3.04. The highest BCUT2D eigenvalue weighted by Gasteiger charge is 2.34. The van der Waals surface area contributed by atoms with Crippen molar-refractivity contribution in [2.75, 3.05) is 6.54 Å². The normalized spacial score (nSPS) is 19.6. The molecule has 0 radical (unpaired) electrons. The zero-order valence-corrected chi connectivity index (χ0v) is 17.6. The van der Waals surface area contributed by atoms with Crippen LogP contribution in [0.3, 0.4) is 0 Å². The number of halogens is 1. The lowest BCUT2D eigenvalue weighted by atomic mass is 9.90. The number of carboxylic acid groups (broad SMARTS) is 1. The number of benzene rings is 2. The van der Waals surface area contributed by atoms with Crippen LogP contribution in [0.4, 0.5) is 0 Å². The molecule has 0 bridgehead atoms. The number of aliphatic carboxylic acids is 1. The van der Waals surface area contributed by atoms with Gasteiger partial charge in [-0.2, -0.15) is 0 Å². The summed E-state index contributed by atoms with van der Waals surface area (Å²) < 4.78 is 0. The zero-order chi connectivity index (χ0) is 19.1. The molecule has 0 unspecified atom stereocenters. The summed E-state index contributed by atoms with van der Waals surface area (Å²) in [6.45, 7) is 1.91. The first kappa shape index (κ1) is 22.2. The Labute approximate surface area is 177 Å². The Morgan fingerprint density at radius 3 is 2.61 bits per heavy atom. The predicted octanol–water partition coefficient (Wildman–Crippen LogP) is 5.34. The lowest BCUT2D eigenvalue weighted by Gasteiger charge is -2.28. The Balaban J connectivity index is 0.00000280. The SMILES string of the molecule is Br.O=C(O)CC/C=C\C[C@H]1CCN(Cc2ccccc2)[C@@H]1c1cccc(O)c1. The van der Waals surface area contributed by atoms with Crippen molar-refractivity contribution in [3.05, 3.63) is 77.9 Å². The van der Waals surface area contributed by atoms with Gasteiger partial charge < -0.3 is 10.2 Å². The minimum absolute atomic E-state index is 0. The Morgan fingerprint density at radius 2 is 1.89 bits per heavy atom. The number of carboxylic acids is 1. The van der Waals surface area contributed by atoms with Crippen molar-refractivity contribution >= 4 is 23.0 Å². The smallest absolute Gasteiger partial charge is 0.303 e. The van der Waals surface area contributed by atoms with Gasteiger partial charge in [-0.1, -0.05) is 54.6 Å². The van der Waals surface area contributed by atoms with E-state index in [4.69, 9.17) is 5.11 Å². The molecule has 0 saturated carbocycles. The van der Waals surface area contributed by atoms with Gasteiger partial charge in [0, 0.05) is 19.0 Å². The van der Waals surface area contributed by atoms with Gasteiger partial charge in [0.05, 0.1) is 0 Å². The number of hydrogen-bond donors (Lipinski definition) is 2. The summed E-state index contributed by atoms with van der Waals surface area (Å²) in [5.74, 6) is -0.00130. The molecule has 1 saturated heterocycles. The molecule has 2 atom stereocenters. The summed E-state index contributed by atoms with van der Waals surface area (Å²) in [4.78, 5) is 13.1. The fourth-order valence-electron chi connectivity index (χ4n) is 3.96. The van der Waals surface area contributed by atoms with Crippen LogP contribution < -0.4 is 0 Å². The summed E-state index contributed by atoms with van der Waals surface area (Å²) in [6.07, 6.45) is 6.87. The molecule has 4 nitrogen and oxygen atoms in total. The standard InChI is InChI=1S/C23H27NO3.BrH/c25-21-12-7-11-20(16-21)23-19(10-5-2-6-13-22(26)27)14-15-24(23)17-18-8-3-1-4-9-18;/h1-5,7-9,11-12,16,19,23,25H,6,10,13-15,17H2,(H,26,27);1H/b5-2-;/t19-,23-;/m0./s1. The maximum atomic E-state index is 10.6. The predicted molar refractivity (Wildman–Crippen MR) is 117 cm³/mol. The lowest BCUT2D eigenvalue weighted by Crippen LogP contribution is -2.25. The molecule has 1 heterocycles. The second-order valence-corrected chi connectivity index (χ2v) is 7.18. The maximum Gasteiger partial charge on any atom is 0.303 e. The van der Waals surface area contributed by atoms with E-state index < -0.39 is 5.97 Å². The van der Waals surface area contributed by atoms with Crippen LogP contribution in [0.2, 0.25) is 0 Å². The highest BCUT2D eigenvalue weighted by Crippen LogP contribution is 2.41. The van der Waals surface area contributed by atoms with E-state index in [-0.39, 0.29) is 29.4 Å². The van der Waals surface area contributed by atoms with Crippen LogP contribution in [-0.4, -0.2) is 27.6 Å². The zero-order valence-electron chi connectivity index (χ0n) is 15.9. The number of phenolic OH excluding ortho intramolecular Hbond substituents is 1. The van der Waals surface area contributed by atoms with Crippen molar-refractivity contribution in [3.8, 4) is 5.75 Å². The monoisotopic (exact) mass is 445 g/mol. The molecule has 0 spiro atoms. The molecule has 3 rings (SSSR count). The molecule has 0 amide bonds. The second-order valence-electron chi connectivity index (χ2n) is 7.18. The van der Waals surface area contributed by atoms with E-state index in [1.165, 1.54) is 5.56 Å². The summed E-state index contributed by atoms with van der Waals surface area (Å²) in [6, 6.07) is 18.3. The molecule has 2 aromatic carbocycles. The minimum atomic E-state index is -0.757. The van der Waals surface area contributed by atoms with Crippen LogP contribution in [0.1, 0.15) is 42.9 Å². The quantitative estimate of drug-likeness (QED) is 0.537. The Hall–Kier alpha value is -2.11. The maximum absolute atomic E-state index is 10.6. The van der Waals surface area contributed by atoms with Crippen LogP contribution in [0.25, 0.3) is 0 Å². The highest BCUT2D eigenvalue weighted by atomic mass is 79.9. The number of hydrogen-bond acceptors (Lipinski definition) is 3. The van der Waals surface area contributed by atoms with Gasteiger partial charge in [-0.25, -0.2) is 0 Å². The molecule has 28 heavy (non-hydrogen) atoms. The molecule has 2 aromatic rings. The number of carbonyl (C=O) groups is 1. The molecule has 1 fully saturated rings. The summed E-state index contributed by atoms with van der Waals surface area (Å²) >= 11 is 0. The number of nitrogens with zero attached hydrogens (tertiary/aromatic N) is 1. The molecule has 2 N–H and O–H groups in total. The third kappa shape index (κ3) is 6.21. The first-order valence-electron chi connectivity index (χ1n) is 9.57. The molecular formula is C23H28BrNO3. The van der Waals surface area contributed by atoms with Crippen molar-refractivity contribution in [1.29, 1.82) is 0 Å². The fraction of sp³-hybridized carbons (Fsp3) is 0.348. The van der Waals surface area contributed by atoms with Crippen molar-refractivity contribution in [2.24, 2.45) is 5.92 Å². The highest BCUT2D eigenvalue weighted by molar-refractivity contribution is 8.93. The van der Waals surface area contributed by atoms with Crippen LogP contribution in [-0.2, 0) is 11.3 Å². The first-order valence-corrected chi connectivity index (χ1v) is 9.57. The van der Waals surface area contributed by atoms with E-state index in [0.29, 0.717) is 18.1 Å². The Morgan fingerprint density at radius 1 is 1.11 bits per heavy atom. The molecule has 5 heteroatoms. The van der Waals surface area contributed by atoms with Crippen LogP contribution in [0, 0.1) is 5.92 Å². The summed E-state index contributed by atoms with van der Waals surface area (Å²) in [5, 5.41) is 18.7. The van der Waals surface area contributed by atoms with E-state index in [1.54, 1.807) is 6.07 Å². The van der Waals surface area contributed by atoms with E-state index in [9.17, 15) is 9.90 Å². The Kier molecular flexibility index (Phi) is 8.74. The first-order chi connectivity index (χ1) is 13.1. The molecule has 1 aliphatic rings. The summed E-state index contributed by atoms with van der Waals surface area (Å²) in [5.41, 5.74) is 2.44. The van der Waals surface area contributed by atoms with Gasteiger partial charge in [-0.15, -0.1) is 17.0 Å². The molecular weight excluding hydrogens is 418 g/mol. The number of aromatic hydroxyl groups is 1. The largest absolute Gasteiger partial charge is 0.508 e. The van der Waals surface area contributed by atoms with Crippen LogP contribution >= 0.6 is 17.0 Å². The number of phenols is 1. The van der Waals surface area contributed by atoms with E-state index in [2.05, 4.69) is 41.3 Å². The Bertz CT molecular complexity index is 778. The third-order valence-electron chi connectivity index (χ3n) is 5.20. The van der Waals surface area contributed by atoms with E-state index in [0.717, 1.165) is 31.5 Å². The summed E-state index contributed by atoms with van der Waals surface area (Å²) in [7, 11) is 0. The third-order valence-corrected chi connectivity index (χ3v) is 5.20. The van der Waals surface area contributed by atoms with Gasteiger partial charge in [0.15, 0.2) is 0 Å². The topological polar surface area (TPSA) is 60.8 Å². The van der Waals surface area contributed by atoms with Gasteiger partial charge in [-0.3, -0.25) is 9.69 Å². The van der Waals surface area contributed by atoms with Gasteiger partial charge in [0.2, 0.25) is 0 Å². The second kappa shape index (κ2) is 11.0. The fourth-order valence-corrected chi connectivity index (χ4v) is 3.96. The number of rotatable bonds is 8. The number of likely N-dealkylation sites (tertiary alicyclic amines) is 1. The van der Waals surface area contributed by atoms with Gasteiger partial charge in [0.1, 0.15) is 5.75 Å². The van der Waals surface area contributed by atoms with Crippen LogP contribution in [0.5, 0.6) is 5.75 Å². The molecule has 150 valence electrons. The van der Waals surface area contributed by atoms with E-state index in [1.807, 2.05) is 24.3 Å². The van der Waals surface area contributed by atoms with Gasteiger partial charge in [-0.05, 0) is 55.0 Å². The van der Waals surface area contributed by atoms with Gasteiger partial charge >= 0.3 is 5.97 Å². The van der Waals surface area contributed by atoms with Crippen molar-refractivity contribution < 1.29 is 15.0 Å². The van der Waals surface area contributed by atoms with Crippen LogP contribution in [0.15, 0.2) is 66.7 Å². The van der Waals surface area contributed by atoms with Crippen molar-refractivity contribution in [3.63, 3.8) is 0 Å². The van der Waals surface area contributed by atoms with Gasteiger partial charge in [0.25, 0.3) is 0 Å². The molecule has 1 aliphatic heterocycles.